The van der Waals surface area contributed by atoms with Crippen LogP contribution in [0.25, 0.3) is 0 Å². The Morgan fingerprint density at radius 1 is 1.32 bits per heavy atom. The van der Waals surface area contributed by atoms with Crippen molar-refractivity contribution in [3.05, 3.63) is 52.8 Å². The Morgan fingerprint density at radius 2 is 2.11 bits per heavy atom. The molecule has 1 atom stereocenters. The lowest BCUT2D eigenvalue weighted by atomic mass is 10.1. The van der Waals surface area contributed by atoms with Gasteiger partial charge in [0.25, 0.3) is 0 Å². The van der Waals surface area contributed by atoms with Crippen LogP contribution in [-0.2, 0) is 13.1 Å². The summed E-state index contributed by atoms with van der Waals surface area (Å²) in [5.74, 6) is 0. The number of aryl methyl sites for hydroxylation is 2. The van der Waals surface area contributed by atoms with E-state index in [0.717, 1.165) is 13.1 Å². The maximum atomic E-state index is 4.40. The van der Waals surface area contributed by atoms with Gasteiger partial charge < -0.3 is 5.32 Å². The molecule has 0 aliphatic rings. The second-order valence-electron chi connectivity index (χ2n) is 5.09. The predicted molar refractivity (Wildman–Crippen MR) is 79.1 cm³/mol. The quantitative estimate of drug-likeness (QED) is 0.890. The minimum absolute atomic E-state index is 0.320. The number of nitrogens with zero attached hydrogens (tertiary/aromatic N) is 2. The number of nitrogens with one attached hydrogen (secondary N) is 1. The number of hydrogen-bond acceptors (Lipinski definition) is 2. The van der Waals surface area contributed by atoms with Gasteiger partial charge in [-0.05, 0) is 33.3 Å². The Kier molecular flexibility index (Phi) is 4.38. The van der Waals surface area contributed by atoms with Crippen molar-refractivity contribution in [2.45, 2.75) is 46.8 Å². The highest BCUT2D eigenvalue weighted by Gasteiger charge is 2.12. The van der Waals surface area contributed by atoms with Crippen molar-refractivity contribution in [1.29, 1.82) is 0 Å². The summed E-state index contributed by atoms with van der Waals surface area (Å²) >= 11 is 0. The Hall–Kier alpha value is -1.61. The molecule has 19 heavy (non-hydrogen) atoms. The van der Waals surface area contributed by atoms with Gasteiger partial charge in [0.15, 0.2) is 0 Å². The molecule has 0 aliphatic carbocycles. The minimum atomic E-state index is 0.320. The average molecular weight is 257 g/mol. The zero-order valence-corrected chi connectivity index (χ0v) is 12.3. The number of benzene rings is 1. The van der Waals surface area contributed by atoms with Crippen LogP contribution in [0.4, 0.5) is 0 Å². The molecule has 2 aromatic rings. The van der Waals surface area contributed by atoms with Crippen LogP contribution < -0.4 is 5.32 Å². The lowest BCUT2D eigenvalue weighted by Crippen LogP contribution is -2.18. The van der Waals surface area contributed by atoms with E-state index in [2.05, 4.69) is 62.4 Å². The van der Waals surface area contributed by atoms with Crippen molar-refractivity contribution in [2.75, 3.05) is 0 Å². The SMILES string of the molecule is CCn1ncc(C(C)NCc2cccc(C)c2)c1C. The molecular formula is C16H23N3. The van der Waals surface area contributed by atoms with E-state index in [1.165, 1.54) is 22.4 Å². The number of aromatic nitrogens is 2. The van der Waals surface area contributed by atoms with Gasteiger partial charge in [-0.2, -0.15) is 5.10 Å². The predicted octanol–water partition coefficient (Wildman–Crippen LogP) is 3.37. The molecule has 2 rings (SSSR count). The number of hydrogen-bond donors (Lipinski definition) is 1. The molecule has 3 heteroatoms. The fourth-order valence-corrected chi connectivity index (χ4v) is 2.41. The summed E-state index contributed by atoms with van der Waals surface area (Å²) in [6.45, 7) is 10.4. The second kappa shape index (κ2) is 6.02. The van der Waals surface area contributed by atoms with Gasteiger partial charge >= 0.3 is 0 Å². The normalized spacial score (nSPS) is 12.6. The zero-order valence-electron chi connectivity index (χ0n) is 12.3. The first-order chi connectivity index (χ1) is 9.11. The van der Waals surface area contributed by atoms with Gasteiger partial charge in [-0.1, -0.05) is 29.8 Å². The van der Waals surface area contributed by atoms with Crippen molar-refractivity contribution >= 4 is 0 Å². The highest BCUT2D eigenvalue weighted by atomic mass is 15.3. The fourth-order valence-electron chi connectivity index (χ4n) is 2.41. The van der Waals surface area contributed by atoms with Crippen LogP contribution in [0.3, 0.4) is 0 Å². The first kappa shape index (κ1) is 13.8. The molecule has 102 valence electrons. The maximum absolute atomic E-state index is 4.40. The van der Waals surface area contributed by atoms with Crippen LogP contribution in [-0.4, -0.2) is 9.78 Å². The minimum Gasteiger partial charge on any atom is -0.306 e. The van der Waals surface area contributed by atoms with E-state index in [4.69, 9.17) is 0 Å². The Balaban J connectivity index is 2.01. The highest BCUT2D eigenvalue weighted by Crippen LogP contribution is 2.17. The van der Waals surface area contributed by atoms with Crippen molar-refractivity contribution in [1.82, 2.24) is 15.1 Å². The van der Waals surface area contributed by atoms with Gasteiger partial charge in [-0.25, -0.2) is 0 Å². The van der Waals surface area contributed by atoms with Gasteiger partial charge in [0.2, 0.25) is 0 Å². The molecular weight excluding hydrogens is 234 g/mol. The average Bonchev–Trinajstić information content (AvgIpc) is 2.77. The summed E-state index contributed by atoms with van der Waals surface area (Å²) in [4.78, 5) is 0. The molecule has 1 N–H and O–H groups in total. The molecule has 0 saturated carbocycles. The van der Waals surface area contributed by atoms with Crippen molar-refractivity contribution in [3.63, 3.8) is 0 Å². The van der Waals surface area contributed by atoms with E-state index < -0.39 is 0 Å². The lowest BCUT2D eigenvalue weighted by molar-refractivity contribution is 0.567. The van der Waals surface area contributed by atoms with Crippen LogP contribution in [0.5, 0.6) is 0 Å². The Labute approximate surface area is 115 Å². The van der Waals surface area contributed by atoms with Gasteiger partial charge in [-0.15, -0.1) is 0 Å². The van der Waals surface area contributed by atoms with Crippen LogP contribution in [0.15, 0.2) is 30.5 Å². The molecule has 1 aromatic carbocycles. The first-order valence-electron chi connectivity index (χ1n) is 6.93. The van der Waals surface area contributed by atoms with Gasteiger partial charge in [-0.3, -0.25) is 4.68 Å². The topological polar surface area (TPSA) is 29.9 Å². The van der Waals surface area contributed by atoms with Crippen molar-refractivity contribution in [3.8, 4) is 0 Å². The molecule has 0 fully saturated rings. The molecule has 1 aromatic heterocycles. The summed E-state index contributed by atoms with van der Waals surface area (Å²) in [5.41, 5.74) is 5.18. The molecule has 0 spiro atoms. The maximum Gasteiger partial charge on any atom is 0.0540 e. The largest absolute Gasteiger partial charge is 0.306 e. The molecule has 0 amide bonds. The zero-order chi connectivity index (χ0) is 13.8. The van der Waals surface area contributed by atoms with E-state index in [1.807, 2.05) is 10.9 Å². The molecule has 0 aliphatic heterocycles. The van der Waals surface area contributed by atoms with E-state index in [1.54, 1.807) is 0 Å². The summed E-state index contributed by atoms with van der Waals surface area (Å²) in [7, 11) is 0. The van der Waals surface area contributed by atoms with Gasteiger partial charge in [0.05, 0.1) is 6.20 Å². The molecule has 1 heterocycles. The van der Waals surface area contributed by atoms with Gasteiger partial charge in [0, 0.05) is 30.4 Å². The Bertz CT molecular complexity index is 543. The van der Waals surface area contributed by atoms with Crippen molar-refractivity contribution in [2.24, 2.45) is 0 Å². The third-order valence-electron chi connectivity index (χ3n) is 3.60. The molecule has 3 nitrogen and oxygen atoms in total. The summed E-state index contributed by atoms with van der Waals surface area (Å²) in [6, 6.07) is 8.94. The Morgan fingerprint density at radius 3 is 2.74 bits per heavy atom. The molecule has 1 unspecified atom stereocenters. The molecule has 0 bridgehead atoms. The van der Waals surface area contributed by atoms with Crippen LogP contribution in [0, 0.1) is 13.8 Å². The van der Waals surface area contributed by atoms with E-state index >= 15 is 0 Å². The fraction of sp³-hybridized carbons (Fsp3) is 0.438. The summed E-state index contributed by atoms with van der Waals surface area (Å²) in [6.07, 6.45) is 1.98. The highest BCUT2D eigenvalue weighted by molar-refractivity contribution is 5.23. The van der Waals surface area contributed by atoms with Gasteiger partial charge in [0.1, 0.15) is 0 Å². The second-order valence-corrected chi connectivity index (χ2v) is 5.09. The van der Waals surface area contributed by atoms with Crippen molar-refractivity contribution < 1.29 is 0 Å². The third kappa shape index (κ3) is 3.24. The van der Waals surface area contributed by atoms with Crippen LogP contribution in [0.2, 0.25) is 0 Å². The van der Waals surface area contributed by atoms with Crippen LogP contribution >= 0.6 is 0 Å². The third-order valence-corrected chi connectivity index (χ3v) is 3.60. The smallest absolute Gasteiger partial charge is 0.0540 e. The van der Waals surface area contributed by atoms with E-state index in [0.29, 0.717) is 6.04 Å². The summed E-state index contributed by atoms with van der Waals surface area (Å²) in [5, 5.41) is 7.97. The number of rotatable bonds is 5. The molecule has 0 saturated heterocycles. The lowest BCUT2D eigenvalue weighted by Gasteiger charge is -2.14. The summed E-state index contributed by atoms with van der Waals surface area (Å²) < 4.78 is 2.04. The van der Waals surface area contributed by atoms with E-state index in [-0.39, 0.29) is 0 Å². The van der Waals surface area contributed by atoms with Crippen LogP contribution in [0.1, 0.15) is 42.3 Å². The molecule has 0 radical (unpaired) electrons. The first-order valence-corrected chi connectivity index (χ1v) is 6.93. The monoisotopic (exact) mass is 257 g/mol. The van der Waals surface area contributed by atoms with E-state index in [9.17, 15) is 0 Å². The standard InChI is InChI=1S/C16H23N3/c1-5-19-14(4)16(11-18-19)13(3)17-10-15-8-6-7-12(2)9-15/h6-9,11,13,17H,5,10H2,1-4H3.